The summed E-state index contributed by atoms with van der Waals surface area (Å²) < 4.78 is 5.59. The van der Waals surface area contributed by atoms with Crippen molar-refractivity contribution in [3.63, 3.8) is 0 Å². The number of aromatic nitrogens is 2. The number of hydrogen-bond donors (Lipinski definition) is 0. The molecule has 2 rings (SSSR count). The minimum atomic E-state index is 0.114. The van der Waals surface area contributed by atoms with Crippen molar-refractivity contribution in [1.82, 2.24) is 15.1 Å². The third-order valence-electron chi connectivity index (χ3n) is 3.31. The van der Waals surface area contributed by atoms with E-state index in [2.05, 4.69) is 17.1 Å². The van der Waals surface area contributed by atoms with Gasteiger partial charge in [-0.3, -0.25) is 4.79 Å². The van der Waals surface area contributed by atoms with Gasteiger partial charge in [-0.05, 0) is 18.6 Å². The second-order valence-electron chi connectivity index (χ2n) is 5.04. The lowest BCUT2D eigenvalue weighted by Crippen LogP contribution is -2.27. The van der Waals surface area contributed by atoms with E-state index >= 15 is 0 Å². The molecule has 2 aromatic rings. The monoisotopic (exact) mass is 287 g/mol. The first-order valence-corrected chi connectivity index (χ1v) is 7.32. The molecule has 1 heterocycles. The Bertz CT molecular complexity index is 566. The van der Waals surface area contributed by atoms with Crippen LogP contribution >= 0.6 is 0 Å². The van der Waals surface area contributed by atoms with Gasteiger partial charge in [0.2, 0.25) is 17.7 Å². The standard InChI is InChI=1S/C16H21N3O2/c1-3-4-12-19(2)15(20)11-10-14-17-18-16(21-14)13-8-6-5-7-9-13/h5-9H,3-4,10-12H2,1-2H3. The fourth-order valence-corrected chi connectivity index (χ4v) is 1.98. The van der Waals surface area contributed by atoms with Crippen molar-refractivity contribution in [2.24, 2.45) is 0 Å². The molecule has 5 heteroatoms. The number of nitrogens with zero attached hydrogens (tertiary/aromatic N) is 3. The lowest BCUT2D eigenvalue weighted by atomic mass is 10.2. The number of hydrogen-bond acceptors (Lipinski definition) is 4. The second-order valence-corrected chi connectivity index (χ2v) is 5.04. The van der Waals surface area contributed by atoms with Crippen molar-refractivity contribution in [1.29, 1.82) is 0 Å². The molecular formula is C16H21N3O2. The topological polar surface area (TPSA) is 59.2 Å². The summed E-state index contributed by atoms with van der Waals surface area (Å²) >= 11 is 0. The van der Waals surface area contributed by atoms with Gasteiger partial charge in [-0.15, -0.1) is 10.2 Å². The van der Waals surface area contributed by atoms with Crippen LogP contribution in [0.5, 0.6) is 0 Å². The highest BCUT2D eigenvalue weighted by atomic mass is 16.4. The van der Waals surface area contributed by atoms with Crippen LogP contribution in [0.15, 0.2) is 34.7 Å². The molecule has 1 aromatic carbocycles. The Morgan fingerprint density at radius 1 is 1.24 bits per heavy atom. The van der Waals surface area contributed by atoms with Gasteiger partial charge >= 0.3 is 0 Å². The number of benzene rings is 1. The van der Waals surface area contributed by atoms with E-state index in [0.717, 1.165) is 24.9 Å². The zero-order valence-corrected chi connectivity index (χ0v) is 12.6. The Kier molecular flexibility index (Phi) is 5.49. The molecule has 0 saturated carbocycles. The predicted molar refractivity (Wildman–Crippen MR) is 80.6 cm³/mol. The first-order chi connectivity index (χ1) is 10.2. The molecule has 0 radical (unpaired) electrons. The van der Waals surface area contributed by atoms with Crippen molar-refractivity contribution in [2.75, 3.05) is 13.6 Å². The number of carbonyl (C=O) groups excluding carboxylic acids is 1. The van der Waals surface area contributed by atoms with Gasteiger partial charge in [0.05, 0.1) is 0 Å². The Balaban J connectivity index is 1.87. The minimum absolute atomic E-state index is 0.114. The summed E-state index contributed by atoms with van der Waals surface area (Å²) in [6.07, 6.45) is 2.99. The van der Waals surface area contributed by atoms with E-state index in [1.54, 1.807) is 4.90 Å². The SMILES string of the molecule is CCCCN(C)C(=O)CCc1nnc(-c2ccccc2)o1. The zero-order valence-electron chi connectivity index (χ0n) is 12.6. The molecular weight excluding hydrogens is 266 g/mol. The van der Waals surface area contributed by atoms with Crippen molar-refractivity contribution in [3.05, 3.63) is 36.2 Å². The van der Waals surface area contributed by atoms with Crippen LogP contribution in [0, 0.1) is 0 Å². The molecule has 0 atom stereocenters. The maximum absolute atomic E-state index is 11.9. The molecule has 0 N–H and O–H groups in total. The normalized spacial score (nSPS) is 10.6. The van der Waals surface area contributed by atoms with Crippen molar-refractivity contribution in [2.45, 2.75) is 32.6 Å². The van der Waals surface area contributed by atoms with Crippen LogP contribution in [-0.4, -0.2) is 34.6 Å². The van der Waals surface area contributed by atoms with Gasteiger partial charge in [0, 0.05) is 32.0 Å². The van der Waals surface area contributed by atoms with Gasteiger partial charge in [0.1, 0.15) is 0 Å². The Morgan fingerprint density at radius 2 is 2.00 bits per heavy atom. The van der Waals surface area contributed by atoms with Gasteiger partial charge in [0.15, 0.2) is 0 Å². The molecule has 1 amide bonds. The summed E-state index contributed by atoms with van der Waals surface area (Å²) in [6.45, 7) is 2.91. The van der Waals surface area contributed by atoms with Crippen molar-refractivity contribution in [3.8, 4) is 11.5 Å². The molecule has 21 heavy (non-hydrogen) atoms. The quantitative estimate of drug-likeness (QED) is 0.785. The molecule has 0 bridgehead atoms. The molecule has 0 fully saturated rings. The molecule has 0 aliphatic rings. The van der Waals surface area contributed by atoms with Crippen LogP contribution in [0.4, 0.5) is 0 Å². The molecule has 0 aliphatic carbocycles. The molecule has 0 unspecified atom stereocenters. The largest absolute Gasteiger partial charge is 0.421 e. The van der Waals surface area contributed by atoms with Crippen LogP contribution < -0.4 is 0 Å². The summed E-state index contributed by atoms with van der Waals surface area (Å²) in [5.41, 5.74) is 0.891. The number of aryl methyl sites for hydroxylation is 1. The molecule has 112 valence electrons. The summed E-state index contributed by atoms with van der Waals surface area (Å²) in [4.78, 5) is 13.7. The number of unbranched alkanes of at least 4 members (excludes halogenated alkanes) is 1. The number of amides is 1. The average molecular weight is 287 g/mol. The van der Waals surface area contributed by atoms with E-state index in [-0.39, 0.29) is 5.91 Å². The maximum atomic E-state index is 11.9. The van der Waals surface area contributed by atoms with E-state index in [4.69, 9.17) is 4.42 Å². The maximum Gasteiger partial charge on any atom is 0.247 e. The smallest absolute Gasteiger partial charge is 0.247 e. The van der Waals surface area contributed by atoms with E-state index in [1.165, 1.54) is 0 Å². The van der Waals surface area contributed by atoms with Crippen LogP contribution in [0.1, 0.15) is 32.1 Å². The Hall–Kier alpha value is -2.17. The van der Waals surface area contributed by atoms with Crippen LogP contribution in [0.2, 0.25) is 0 Å². The fourth-order valence-electron chi connectivity index (χ4n) is 1.98. The minimum Gasteiger partial charge on any atom is -0.421 e. The summed E-state index contributed by atoms with van der Waals surface area (Å²) in [5.74, 6) is 1.12. The molecule has 0 aliphatic heterocycles. The van der Waals surface area contributed by atoms with Gasteiger partial charge < -0.3 is 9.32 Å². The molecule has 5 nitrogen and oxygen atoms in total. The van der Waals surface area contributed by atoms with E-state index in [0.29, 0.717) is 24.6 Å². The highest BCUT2D eigenvalue weighted by molar-refractivity contribution is 5.75. The highest BCUT2D eigenvalue weighted by Gasteiger charge is 2.12. The van der Waals surface area contributed by atoms with Gasteiger partial charge in [-0.25, -0.2) is 0 Å². The van der Waals surface area contributed by atoms with Gasteiger partial charge in [-0.2, -0.15) is 0 Å². The third kappa shape index (κ3) is 4.41. The molecule has 0 saturated heterocycles. The summed E-state index contributed by atoms with van der Waals surface area (Å²) in [6, 6.07) is 9.62. The number of rotatable bonds is 7. The first-order valence-electron chi connectivity index (χ1n) is 7.32. The Morgan fingerprint density at radius 3 is 2.71 bits per heavy atom. The first kappa shape index (κ1) is 15.2. The summed E-state index contributed by atoms with van der Waals surface area (Å²) in [5, 5.41) is 8.02. The Labute approximate surface area is 125 Å². The lowest BCUT2D eigenvalue weighted by molar-refractivity contribution is -0.130. The zero-order chi connectivity index (χ0) is 15.1. The molecule has 0 spiro atoms. The highest BCUT2D eigenvalue weighted by Crippen LogP contribution is 2.17. The average Bonchev–Trinajstić information content (AvgIpc) is 3.00. The van der Waals surface area contributed by atoms with Crippen LogP contribution in [-0.2, 0) is 11.2 Å². The van der Waals surface area contributed by atoms with Crippen molar-refractivity contribution >= 4 is 5.91 Å². The lowest BCUT2D eigenvalue weighted by Gasteiger charge is -2.15. The van der Waals surface area contributed by atoms with E-state index < -0.39 is 0 Å². The number of carbonyl (C=O) groups is 1. The fraction of sp³-hybridized carbons (Fsp3) is 0.438. The van der Waals surface area contributed by atoms with Gasteiger partial charge in [0.25, 0.3) is 0 Å². The van der Waals surface area contributed by atoms with Crippen LogP contribution in [0.25, 0.3) is 11.5 Å². The second kappa shape index (κ2) is 7.57. The van der Waals surface area contributed by atoms with E-state index in [1.807, 2.05) is 37.4 Å². The summed E-state index contributed by atoms with van der Waals surface area (Å²) in [7, 11) is 1.83. The van der Waals surface area contributed by atoms with Gasteiger partial charge in [-0.1, -0.05) is 31.5 Å². The van der Waals surface area contributed by atoms with Crippen molar-refractivity contribution < 1.29 is 9.21 Å². The molecule has 1 aromatic heterocycles. The third-order valence-corrected chi connectivity index (χ3v) is 3.31. The van der Waals surface area contributed by atoms with Crippen LogP contribution in [0.3, 0.4) is 0 Å². The predicted octanol–water partition coefficient (Wildman–Crippen LogP) is 2.93. The van der Waals surface area contributed by atoms with E-state index in [9.17, 15) is 4.79 Å².